The number of aromatic nitrogens is 3. The van der Waals surface area contributed by atoms with Gasteiger partial charge in [0, 0.05) is 13.1 Å². The monoisotopic (exact) mass is 232 g/mol. The molecule has 0 atom stereocenters. The largest absolute Gasteiger partial charge is 0.295 e. The molecule has 92 valence electrons. The molecule has 0 N–H and O–H groups in total. The molecule has 0 aliphatic carbocycles. The van der Waals surface area contributed by atoms with Crippen LogP contribution in [0.2, 0.25) is 0 Å². The average molecular weight is 232 g/mol. The van der Waals surface area contributed by atoms with Crippen molar-refractivity contribution in [2.24, 2.45) is 0 Å². The average Bonchev–Trinajstić information content (AvgIpc) is 2.74. The van der Waals surface area contributed by atoms with Gasteiger partial charge in [-0.15, -0.1) is 5.10 Å². The molecule has 17 heavy (non-hydrogen) atoms. The Hall–Kier alpha value is -1.58. The van der Waals surface area contributed by atoms with Gasteiger partial charge in [-0.3, -0.25) is 5.01 Å². The van der Waals surface area contributed by atoms with E-state index in [1.165, 1.54) is 5.56 Å². The second-order valence-corrected chi connectivity index (χ2v) is 4.38. The van der Waals surface area contributed by atoms with Gasteiger partial charge in [0.25, 0.3) is 0 Å². The molecule has 0 aliphatic heterocycles. The molecule has 0 saturated heterocycles. The number of rotatable bonds is 5. The number of fused-ring (bicyclic) bond motifs is 1. The van der Waals surface area contributed by atoms with Gasteiger partial charge in [-0.25, -0.2) is 0 Å². The Labute approximate surface area is 102 Å². The Balaban J connectivity index is 2.42. The first-order valence-electron chi connectivity index (χ1n) is 6.34. The van der Waals surface area contributed by atoms with E-state index in [1.807, 2.05) is 4.79 Å². The predicted molar refractivity (Wildman–Crippen MR) is 70.8 cm³/mol. The highest BCUT2D eigenvalue weighted by atomic mass is 15.7. The molecule has 1 heterocycles. The minimum atomic E-state index is 1.00. The fraction of sp³-hybridized carbons (Fsp3) is 0.538. The van der Waals surface area contributed by atoms with E-state index in [0.29, 0.717) is 0 Å². The lowest BCUT2D eigenvalue weighted by molar-refractivity contribution is 0.518. The van der Waals surface area contributed by atoms with Crippen molar-refractivity contribution in [2.75, 3.05) is 18.1 Å². The number of nitrogens with zero attached hydrogens (tertiary/aromatic N) is 4. The van der Waals surface area contributed by atoms with Crippen LogP contribution in [0.25, 0.3) is 11.0 Å². The van der Waals surface area contributed by atoms with E-state index >= 15 is 0 Å². The maximum atomic E-state index is 4.29. The van der Waals surface area contributed by atoms with Crippen LogP contribution in [0.3, 0.4) is 0 Å². The summed E-state index contributed by atoms with van der Waals surface area (Å²) in [5.74, 6) is 0. The van der Waals surface area contributed by atoms with Crippen LogP contribution < -0.4 is 5.01 Å². The van der Waals surface area contributed by atoms with Crippen molar-refractivity contribution in [1.29, 1.82) is 0 Å². The van der Waals surface area contributed by atoms with Crippen LogP contribution in [0.1, 0.15) is 32.3 Å². The van der Waals surface area contributed by atoms with Crippen molar-refractivity contribution >= 4 is 11.0 Å². The highest BCUT2D eigenvalue weighted by Gasteiger charge is 2.11. The topological polar surface area (TPSA) is 34.0 Å². The Kier molecular flexibility index (Phi) is 3.61. The third-order valence-corrected chi connectivity index (χ3v) is 2.89. The molecular formula is C13H20N4. The minimum Gasteiger partial charge on any atom is -0.295 e. The standard InChI is InChI=1S/C13H20N4/c1-4-9-16(10-5-2)17-12-8-6-7-11(3)13(12)14-15-17/h6-8H,4-5,9-10H2,1-3H3. The number of hydrogen-bond donors (Lipinski definition) is 0. The van der Waals surface area contributed by atoms with Crippen LogP contribution >= 0.6 is 0 Å². The first-order valence-corrected chi connectivity index (χ1v) is 6.34. The summed E-state index contributed by atoms with van der Waals surface area (Å²) in [6.07, 6.45) is 2.24. The van der Waals surface area contributed by atoms with Crippen LogP contribution in [-0.4, -0.2) is 28.2 Å². The molecule has 0 amide bonds. The summed E-state index contributed by atoms with van der Waals surface area (Å²) >= 11 is 0. The molecule has 1 aromatic carbocycles. The van der Waals surface area contributed by atoms with Crippen LogP contribution in [0.5, 0.6) is 0 Å². The molecular weight excluding hydrogens is 212 g/mol. The van der Waals surface area contributed by atoms with Gasteiger partial charge in [0.05, 0.1) is 0 Å². The second-order valence-electron chi connectivity index (χ2n) is 4.38. The number of benzene rings is 1. The van der Waals surface area contributed by atoms with Gasteiger partial charge in [-0.1, -0.05) is 26.0 Å². The van der Waals surface area contributed by atoms with Gasteiger partial charge >= 0.3 is 0 Å². The summed E-state index contributed by atoms with van der Waals surface area (Å²) < 4.78 is 0. The maximum Gasteiger partial charge on any atom is 0.118 e. The van der Waals surface area contributed by atoms with Crippen molar-refractivity contribution in [1.82, 2.24) is 15.1 Å². The number of hydrogen-bond acceptors (Lipinski definition) is 3. The Morgan fingerprint density at radius 2 is 1.88 bits per heavy atom. The van der Waals surface area contributed by atoms with Crippen molar-refractivity contribution in [3.63, 3.8) is 0 Å². The smallest absolute Gasteiger partial charge is 0.118 e. The zero-order valence-corrected chi connectivity index (χ0v) is 10.8. The zero-order valence-electron chi connectivity index (χ0n) is 10.8. The Morgan fingerprint density at radius 1 is 1.18 bits per heavy atom. The lowest BCUT2D eigenvalue weighted by atomic mass is 10.2. The molecule has 2 rings (SSSR count). The lowest BCUT2D eigenvalue weighted by Crippen LogP contribution is -2.36. The van der Waals surface area contributed by atoms with E-state index in [4.69, 9.17) is 0 Å². The van der Waals surface area contributed by atoms with Gasteiger partial charge in [0.15, 0.2) is 0 Å². The van der Waals surface area contributed by atoms with E-state index in [0.717, 1.165) is 37.0 Å². The quantitative estimate of drug-likeness (QED) is 0.794. The van der Waals surface area contributed by atoms with Crippen molar-refractivity contribution in [3.05, 3.63) is 23.8 Å². The highest BCUT2D eigenvalue weighted by molar-refractivity contribution is 5.77. The third-order valence-electron chi connectivity index (χ3n) is 2.89. The summed E-state index contributed by atoms with van der Waals surface area (Å²) in [6.45, 7) is 8.48. The molecule has 0 fully saturated rings. The van der Waals surface area contributed by atoms with Gasteiger partial charge in [-0.05, 0) is 36.6 Å². The van der Waals surface area contributed by atoms with Crippen LogP contribution in [-0.2, 0) is 0 Å². The fourth-order valence-electron chi connectivity index (χ4n) is 2.10. The van der Waals surface area contributed by atoms with Crippen LogP contribution in [0.15, 0.2) is 18.2 Å². The molecule has 0 spiro atoms. The molecule has 0 saturated carbocycles. The lowest BCUT2D eigenvalue weighted by Gasteiger charge is -2.23. The molecule has 0 unspecified atom stereocenters. The summed E-state index contributed by atoms with van der Waals surface area (Å²) in [5, 5.41) is 10.8. The van der Waals surface area contributed by atoms with Crippen LogP contribution in [0, 0.1) is 6.92 Å². The van der Waals surface area contributed by atoms with E-state index in [1.54, 1.807) is 0 Å². The van der Waals surface area contributed by atoms with E-state index in [2.05, 4.69) is 54.3 Å². The normalized spacial score (nSPS) is 11.0. The van der Waals surface area contributed by atoms with Gasteiger partial charge in [-0.2, -0.15) is 4.79 Å². The van der Waals surface area contributed by atoms with Crippen molar-refractivity contribution in [3.8, 4) is 0 Å². The fourth-order valence-corrected chi connectivity index (χ4v) is 2.10. The van der Waals surface area contributed by atoms with Gasteiger partial charge < -0.3 is 0 Å². The van der Waals surface area contributed by atoms with E-state index < -0.39 is 0 Å². The minimum absolute atomic E-state index is 1.00. The highest BCUT2D eigenvalue weighted by Crippen LogP contribution is 2.15. The second kappa shape index (κ2) is 5.17. The molecule has 0 aliphatic rings. The third kappa shape index (κ3) is 2.25. The van der Waals surface area contributed by atoms with Crippen LogP contribution in [0.4, 0.5) is 0 Å². The summed E-state index contributed by atoms with van der Waals surface area (Å²) in [4.78, 5) is 1.95. The van der Waals surface area contributed by atoms with Gasteiger partial charge in [0.2, 0.25) is 0 Å². The van der Waals surface area contributed by atoms with Crippen molar-refractivity contribution in [2.45, 2.75) is 33.6 Å². The molecule has 2 aromatic rings. The van der Waals surface area contributed by atoms with Gasteiger partial charge in [0.1, 0.15) is 11.0 Å². The molecule has 0 bridgehead atoms. The summed E-state index contributed by atoms with van der Waals surface area (Å²) in [5.41, 5.74) is 3.29. The first-order chi connectivity index (χ1) is 8.27. The Morgan fingerprint density at radius 3 is 2.53 bits per heavy atom. The zero-order chi connectivity index (χ0) is 12.3. The maximum absolute atomic E-state index is 4.29. The van der Waals surface area contributed by atoms with E-state index in [9.17, 15) is 0 Å². The SMILES string of the molecule is CCCN(CCC)n1nnc2c(C)cccc21. The summed E-state index contributed by atoms with van der Waals surface area (Å²) in [7, 11) is 0. The first kappa shape index (κ1) is 11.9. The van der Waals surface area contributed by atoms with Crippen molar-refractivity contribution < 1.29 is 0 Å². The molecule has 1 aromatic heterocycles. The van der Waals surface area contributed by atoms with E-state index in [-0.39, 0.29) is 0 Å². The summed E-state index contributed by atoms with van der Waals surface area (Å²) in [6, 6.07) is 6.22. The number of aryl methyl sites for hydroxylation is 1. The molecule has 4 heteroatoms. The molecule has 4 nitrogen and oxygen atoms in total. The predicted octanol–water partition coefficient (Wildman–Crippen LogP) is 2.50. The molecule has 0 radical (unpaired) electrons. The Bertz CT molecular complexity index is 483.